The standard InChI is InChI=1S/C16H21F3N2O2/c17-16(18,19)13-4-1-11(2-5-13)7-8-20-15(23)21-10-12-3-6-14(22)9-12/h1-2,4-5,12,14,22H,3,6-10H2,(H2,20,21,23). The van der Waals surface area contributed by atoms with Crippen LogP contribution in [-0.4, -0.2) is 30.3 Å². The Labute approximate surface area is 133 Å². The van der Waals surface area contributed by atoms with E-state index in [0.29, 0.717) is 31.8 Å². The predicted molar refractivity (Wildman–Crippen MR) is 79.9 cm³/mol. The lowest BCUT2D eigenvalue weighted by atomic mass is 10.1. The molecule has 1 saturated carbocycles. The summed E-state index contributed by atoms with van der Waals surface area (Å²) in [5.41, 5.74) is 0.0583. The maximum Gasteiger partial charge on any atom is 0.416 e. The monoisotopic (exact) mass is 330 g/mol. The van der Waals surface area contributed by atoms with Gasteiger partial charge in [-0.1, -0.05) is 12.1 Å². The van der Waals surface area contributed by atoms with Gasteiger partial charge in [-0.15, -0.1) is 0 Å². The van der Waals surface area contributed by atoms with Crippen LogP contribution in [0.4, 0.5) is 18.0 Å². The fourth-order valence-corrected chi connectivity index (χ4v) is 2.71. The Kier molecular flexibility index (Phi) is 5.87. The number of carbonyl (C=O) groups excluding carboxylic acids is 1. The number of halogens is 3. The highest BCUT2D eigenvalue weighted by Crippen LogP contribution is 2.29. The van der Waals surface area contributed by atoms with E-state index in [9.17, 15) is 23.1 Å². The van der Waals surface area contributed by atoms with Crippen molar-refractivity contribution in [3.63, 3.8) is 0 Å². The van der Waals surface area contributed by atoms with Crippen molar-refractivity contribution in [2.45, 2.75) is 38.0 Å². The molecule has 3 N–H and O–H groups in total. The highest BCUT2D eigenvalue weighted by Gasteiger charge is 2.29. The Balaban J connectivity index is 1.65. The zero-order valence-electron chi connectivity index (χ0n) is 12.7. The van der Waals surface area contributed by atoms with E-state index in [-0.39, 0.29) is 12.1 Å². The third kappa shape index (κ3) is 5.74. The lowest BCUT2D eigenvalue weighted by molar-refractivity contribution is -0.137. The Hall–Kier alpha value is -1.76. The van der Waals surface area contributed by atoms with E-state index < -0.39 is 11.7 Å². The van der Waals surface area contributed by atoms with Crippen LogP contribution in [0.15, 0.2) is 24.3 Å². The van der Waals surface area contributed by atoms with Gasteiger partial charge in [0.2, 0.25) is 0 Å². The molecular formula is C16H21F3N2O2. The molecule has 0 heterocycles. The Morgan fingerprint density at radius 1 is 1.17 bits per heavy atom. The van der Waals surface area contributed by atoms with Crippen LogP contribution in [0.5, 0.6) is 0 Å². The van der Waals surface area contributed by atoms with Crippen LogP contribution < -0.4 is 10.6 Å². The van der Waals surface area contributed by atoms with Crippen molar-refractivity contribution in [2.24, 2.45) is 5.92 Å². The van der Waals surface area contributed by atoms with E-state index >= 15 is 0 Å². The number of aliphatic hydroxyl groups is 1. The smallest absolute Gasteiger partial charge is 0.393 e. The number of carbonyl (C=O) groups is 1. The summed E-state index contributed by atoms with van der Waals surface area (Å²) in [5, 5.41) is 14.8. The van der Waals surface area contributed by atoms with Gasteiger partial charge in [-0.2, -0.15) is 13.2 Å². The molecule has 2 atom stereocenters. The van der Waals surface area contributed by atoms with Crippen molar-refractivity contribution in [1.29, 1.82) is 0 Å². The summed E-state index contributed by atoms with van der Waals surface area (Å²) in [7, 11) is 0. The Bertz CT molecular complexity index is 517. The van der Waals surface area contributed by atoms with Crippen molar-refractivity contribution in [3.05, 3.63) is 35.4 Å². The lowest BCUT2D eigenvalue weighted by Crippen LogP contribution is -2.38. The van der Waals surface area contributed by atoms with Gasteiger partial charge in [-0.3, -0.25) is 0 Å². The van der Waals surface area contributed by atoms with Crippen LogP contribution in [0.25, 0.3) is 0 Å². The molecule has 0 aliphatic heterocycles. The zero-order valence-corrected chi connectivity index (χ0v) is 12.7. The van der Waals surface area contributed by atoms with Crippen LogP contribution in [-0.2, 0) is 12.6 Å². The van der Waals surface area contributed by atoms with Crippen molar-refractivity contribution >= 4 is 6.03 Å². The van der Waals surface area contributed by atoms with Gasteiger partial charge in [0.25, 0.3) is 0 Å². The van der Waals surface area contributed by atoms with Gasteiger partial charge in [0, 0.05) is 13.1 Å². The first-order chi connectivity index (χ1) is 10.8. The van der Waals surface area contributed by atoms with Gasteiger partial charge >= 0.3 is 12.2 Å². The summed E-state index contributed by atoms with van der Waals surface area (Å²) < 4.78 is 37.3. The highest BCUT2D eigenvalue weighted by atomic mass is 19.4. The van der Waals surface area contributed by atoms with E-state index in [1.54, 1.807) is 0 Å². The van der Waals surface area contributed by atoms with Crippen LogP contribution in [0.2, 0.25) is 0 Å². The summed E-state index contributed by atoms with van der Waals surface area (Å²) in [4.78, 5) is 11.6. The Morgan fingerprint density at radius 2 is 1.87 bits per heavy atom. The van der Waals surface area contributed by atoms with E-state index in [1.807, 2.05) is 0 Å². The first kappa shape index (κ1) is 17.6. The largest absolute Gasteiger partial charge is 0.416 e. The van der Waals surface area contributed by atoms with Gasteiger partial charge < -0.3 is 15.7 Å². The molecule has 128 valence electrons. The number of alkyl halides is 3. The quantitative estimate of drug-likeness (QED) is 0.777. The molecule has 0 saturated heterocycles. The maximum atomic E-state index is 12.4. The fourth-order valence-electron chi connectivity index (χ4n) is 2.71. The number of benzene rings is 1. The highest BCUT2D eigenvalue weighted by molar-refractivity contribution is 5.73. The molecule has 0 radical (unpaired) electrons. The molecule has 2 unspecified atom stereocenters. The summed E-state index contributed by atoms with van der Waals surface area (Å²) in [5.74, 6) is 0.311. The molecule has 0 aromatic heterocycles. The van der Waals surface area contributed by atoms with Gasteiger partial charge in [0.05, 0.1) is 11.7 Å². The number of hydrogen-bond acceptors (Lipinski definition) is 2. The average Bonchev–Trinajstić information content (AvgIpc) is 2.90. The second kappa shape index (κ2) is 7.68. The Morgan fingerprint density at radius 3 is 2.43 bits per heavy atom. The predicted octanol–water partition coefficient (Wildman–Crippen LogP) is 2.71. The molecule has 1 aromatic rings. The van der Waals surface area contributed by atoms with E-state index in [4.69, 9.17) is 0 Å². The first-order valence-electron chi connectivity index (χ1n) is 7.70. The van der Waals surface area contributed by atoms with E-state index in [2.05, 4.69) is 10.6 Å². The molecule has 23 heavy (non-hydrogen) atoms. The van der Waals surface area contributed by atoms with Gasteiger partial charge in [-0.05, 0) is 49.3 Å². The van der Waals surface area contributed by atoms with Crippen LogP contribution in [0, 0.1) is 5.92 Å². The molecule has 7 heteroatoms. The molecule has 1 aromatic carbocycles. The van der Waals surface area contributed by atoms with E-state index in [1.165, 1.54) is 12.1 Å². The van der Waals surface area contributed by atoms with Crippen molar-refractivity contribution in [3.8, 4) is 0 Å². The SMILES string of the molecule is O=C(NCCc1ccc(C(F)(F)F)cc1)NCC1CCC(O)C1. The maximum absolute atomic E-state index is 12.4. The van der Waals surface area contributed by atoms with Crippen molar-refractivity contribution < 1.29 is 23.1 Å². The molecule has 1 aliphatic carbocycles. The van der Waals surface area contributed by atoms with Gasteiger partial charge in [0.1, 0.15) is 0 Å². The summed E-state index contributed by atoms with van der Waals surface area (Å²) in [6.07, 6.45) is -1.72. The minimum atomic E-state index is -4.33. The van der Waals surface area contributed by atoms with E-state index in [0.717, 1.165) is 30.5 Å². The molecule has 0 bridgehead atoms. The average molecular weight is 330 g/mol. The summed E-state index contributed by atoms with van der Waals surface area (Å²) in [6.45, 7) is 0.883. The molecular weight excluding hydrogens is 309 g/mol. The molecule has 1 aliphatic rings. The minimum absolute atomic E-state index is 0.260. The normalized spacial score (nSPS) is 21.2. The molecule has 2 rings (SSSR count). The molecule has 1 fully saturated rings. The lowest BCUT2D eigenvalue weighted by Gasteiger charge is -2.12. The number of rotatable bonds is 5. The second-order valence-corrected chi connectivity index (χ2v) is 5.91. The van der Waals surface area contributed by atoms with Crippen LogP contribution >= 0.6 is 0 Å². The second-order valence-electron chi connectivity index (χ2n) is 5.91. The summed E-state index contributed by atoms with van der Waals surface area (Å²) >= 11 is 0. The van der Waals surface area contributed by atoms with Gasteiger partial charge in [0.15, 0.2) is 0 Å². The number of nitrogens with one attached hydrogen (secondary N) is 2. The first-order valence-corrected chi connectivity index (χ1v) is 7.70. The number of urea groups is 1. The third-order valence-corrected chi connectivity index (χ3v) is 4.05. The van der Waals surface area contributed by atoms with Gasteiger partial charge in [-0.25, -0.2) is 4.79 Å². The van der Waals surface area contributed by atoms with Crippen molar-refractivity contribution in [1.82, 2.24) is 10.6 Å². The number of amides is 2. The van der Waals surface area contributed by atoms with Crippen molar-refractivity contribution in [2.75, 3.05) is 13.1 Å². The molecule has 2 amide bonds. The zero-order chi connectivity index (χ0) is 16.9. The fraction of sp³-hybridized carbons (Fsp3) is 0.562. The topological polar surface area (TPSA) is 61.4 Å². The number of aliphatic hydroxyl groups excluding tert-OH is 1. The summed E-state index contributed by atoms with van der Waals surface area (Å²) in [6, 6.07) is 4.63. The molecule has 0 spiro atoms. The molecule has 4 nitrogen and oxygen atoms in total. The third-order valence-electron chi connectivity index (χ3n) is 4.05. The minimum Gasteiger partial charge on any atom is -0.393 e. The number of hydrogen-bond donors (Lipinski definition) is 3. The van der Waals surface area contributed by atoms with Crippen LogP contribution in [0.1, 0.15) is 30.4 Å². The van der Waals surface area contributed by atoms with Crippen LogP contribution in [0.3, 0.4) is 0 Å².